The molecule has 4 aromatic carbocycles. The molecule has 0 nitrogen and oxygen atoms in total. The maximum atomic E-state index is 2.31. The third-order valence-electron chi connectivity index (χ3n) is 4.02. The van der Waals surface area contributed by atoms with Crippen molar-refractivity contribution in [3.63, 3.8) is 0 Å². The van der Waals surface area contributed by atoms with Gasteiger partial charge in [-0.2, -0.15) is 12.1 Å². The van der Waals surface area contributed by atoms with E-state index in [1.165, 1.54) is 43.8 Å². The minimum absolute atomic E-state index is 0. The van der Waals surface area contributed by atoms with Crippen molar-refractivity contribution in [2.45, 2.75) is 40.8 Å². The summed E-state index contributed by atoms with van der Waals surface area (Å²) in [6.07, 6.45) is 0. The van der Waals surface area contributed by atoms with Crippen LogP contribution >= 0.6 is 0 Å². The second kappa shape index (κ2) is 12.8. The van der Waals surface area contributed by atoms with Crippen LogP contribution in [0.3, 0.4) is 0 Å². The van der Waals surface area contributed by atoms with Gasteiger partial charge >= 0.3 is 41.9 Å². The Morgan fingerprint density at radius 2 is 0.964 bits per heavy atom. The van der Waals surface area contributed by atoms with Crippen molar-refractivity contribution in [1.29, 1.82) is 0 Å². The van der Waals surface area contributed by atoms with Crippen molar-refractivity contribution in [1.82, 2.24) is 0 Å². The van der Waals surface area contributed by atoms with Gasteiger partial charge in [0.05, 0.1) is 0 Å². The molecule has 0 aromatic heterocycles. The molecule has 0 aliphatic heterocycles. The maximum Gasteiger partial charge on any atom is -0.0414 e. The summed E-state index contributed by atoms with van der Waals surface area (Å²) in [7, 11) is 0. The minimum atomic E-state index is 0. The standard InChI is InChI=1S/2C11H11.C2H6Si.2ClH.Zr/c2*1-8-3-4-10-6-9(2)7-11(10)5-8;1-3-2;;;/h2*3-7H,1-2H3;1-2H3;2*1H;/q2*-1;;;;+2/p-2. The monoisotopic (exact) mass is 504 g/mol. The van der Waals surface area contributed by atoms with Crippen LogP contribution in [0.1, 0.15) is 22.3 Å². The first-order valence-corrected chi connectivity index (χ1v) is 15.2. The van der Waals surface area contributed by atoms with Crippen molar-refractivity contribution in [2.24, 2.45) is 0 Å². The molecule has 0 saturated heterocycles. The van der Waals surface area contributed by atoms with Gasteiger partial charge in [-0.05, 0) is 13.8 Å². The van der Waals surface area contributed by atoms with Crippen molar-refractivity contribution in [3.8, 4) is 0 Å². The number of rotatable bonds is 0. The fourth-order valence-corrected chi connectivity index (χ4v) is 2.97. The van der Waals surface area contributed by atoms with Gasteiger partial charge in [0, 0.05) is 0 Å². The molecule has 0 N–H and O–H groups in total. The quantitative estimate of drug-likeness (QED) is 0.248. The molecule has 0 saturated carbocycles. The first kappa shape index (κ1) is 27.3. The summed E-state index contributed by atoms with van der Waals surface area (Å²) < 4.78 is 0. The molecule has 0 atom stereocenters. The molecule has 0 bridgehead atoms. The largest absolute Gasteiger partial charge is 1.00 e. The normalized spacial score (nSPS) is 9.43. The Bertz CT molecular complexity index is 946. The first-order chi connectivity index (χ1) is 12.2. The van der Waals surface area contributed by atoms with E-state index in [2.05, 4.69) is 101 Å². The molecule has 4 heteroatoms. The topological polar surface area (TPSA) is 0 Å². The number of aryl methyl sites for hydroxylation is 4. The van der Waals surface area contributed by atoms with Crippen molar-refractivity contribution in [3.05, 3.63) is 82.9 Å². The van der Waals surface area contributed by atoms with Gasteiger partial charge in [0.1, 0.15) is 0 Å². The molecule has 0 fully saturated rings. The van der Waals surface area contributed by atoms with Gasteiger partial charge in [-0.3, -0.25) is 0 Å². The van der Waals surface area contributed by atoms with Gasteiger partial charge in [-0.25, -0.2) is 0 Å². The third kappa shape index (κ3) is 8.78. The summed E-state index contributed by atoms with van der Waals surface area (Å²) in [6, 6.07) is 22.0. The van der Waals surface area contributed by atoms with E-state index in [-0.39, 0.29) is 30.2 Å². The van der Waals surface area contributed by atoms with E-state index in [9.17, 15) is 0 Å². The zero-order valence-electron chi connectivity index (χ0n) is 17.5. The van der Waals surface area contributed by atoms with Crippen molar-refractivity contribution in [2.75, 3.05) is 0 Å². The summed E-state index contributed by atoms with van der Waals surface area (Å²) in [6.45, 7) is 13.1. The minimum Gasteiger partial charge on any atom is -1.00 e. The summed E-state index contributed by atoms with van der Waals surface area (Å²) in [5.74, 6) is 0. The summed E-state index contributed by atoms with van der Waals surface area (Å²) in [5, 5.41) is 5.44. The molecule has 0 aliphatic carbocycles. The van der Waals surface area contributed by atoms with E-state index in [1.54, 1.807) is 23.3 Å². The fourth-order valence-electron chi connectivity index (χ4n) is 2.97. The predicted molar refractivity (Wildman–Crippen MR) is 116 cm³/mol. The van der Waals surface area contributed by atoms with Gasteiger partial charge in [0.25, 0.3) is 0 Å². The van der Waals surface area contributed by atoms with Crippen LogP contribution in [0.15, 0.2) is 60.7 Å². The van der Waals surface area contributed by atoms with E-state index < -0.39 is 0 Å². The zero-order valence-corrected chi connectivity index (χ0v) is 22.5. The van der Waals surface area contributed by atoms with Crippen LogP contribution in [0.2, 0.25) is 13.1 Å². The Kier molecular flexibility index (Phi) is 12.5. The molecule has 148 valence electrons. The Labute approximate surface area is 197 Å². The molecule has 4 rings (SSSR count). The molecule has 4 aromatic rings. The van der Waals surface area contributed by atoms with Crippen LogP contribution in [0.4, 0.5) is 0 Å². The van der Waals surface area contributed by atoms with Gasteiger partial charge in [-0.1, -0.05) is 25.0 Å². The second-order valence-electron chi connectivity index (χ2n) is 7.33. The van der Waals surface area contributed by atoms with E-state index in [0.29, 0.717) is 0 Å². The third-order valence-corrected chi connectivity index (χ3v) is 4.02. The molecule has 0 amide bonds. The second-order valence-corrected chi connectivity index (χ2v) is 16.7. The van der Waals surface area contributed by atoms with E-state index in [1.807, 2.05) is 0 Å². The fraction of sp³-hybridized carbons (Fsp3) is 0.250. The average molecular weight is 507 g/mol. The SMILES string of the molecule is C[Si](C)=[Zr+2].Cc1ccc2[cH-]c(C)cc2c1.Cc1ccc2[cH-]c(C)cc2c1.[Cl-].[Cl-]. The summed E-state index contributed by atoms with van der Waals surface area (Å²) >= 11 is 1.74. The smallest absolute Gasteiger partial charge is 0.0414 e. The van der Waals surface area contributed by atoms with E-state index in [4.69, 9.17) is 0 Å². The Morgan fingerprint density at radius 3 is 1.29 bits per heavy atom. The molecule has 0 aliphatic rings. The molecule has 0 radical (unpaired) electrons. The van der Waals surface area contributed by atoms with Gasteiger partial charge in [0.2, 0.25) is 0 Å². The number of fused-ring (bicyclic) bond motifs is 2. The van der Waals surface area contributed by atoms with Crippen molar-refractivity contribution >= 4 is 27.0 Å². The van der Waals surface area contributed by atoms with Gasteiger partial charge in [0.15, 0.2) is 0 Å². The molecular weight excluding hydrogens is 478 g/mol. The van der Waals surface area contributed by atoms with Gasteiger partial charge < -0.3 is 24.8 Å². The van der Waals surface area contributed by atoms with E-state index in [0.717, 1.165) is 0 Å². The molecule has 28 heavy (non-hydrogen) atoms. The predicted octanol–water partition coefficient (Wildman–Crippen LogP) is 1.14. The Hall–Kier alpha value is -0.660. The van der Waals surface area contributed by atoms with Crippen LogP contribution in [0.25, 0.3) is 21.5 Å². The summed E-state index contributed by atoms with van der Waals surface area (Å²) in [5.41, 5.74) is 5.59. The summed E-state index contributed by atoms with van der Waals surface area (Å²) in [4.78, 5) is 0. The molecule has 0 unspecified atom stereocenters. The zero-order chi connectivity index (χ0) is 19.3. The number of hydrogen-bond donors (Lipinski definition) is 0. The van der Waals surface area contributed by atoms with Crippen LogP contribution in [-0.2, 0) is 23.3 Å². The Balaban J connectivity index is 0.000000415. The average Bonchev–Trinajstić information content (AvgIpc) is 3.07. The molecular formula is C24H28Cl2SiZr-2. The molecule has 0 heterocycles. The first-order valence-electron chi connectivity index (χ1n) is 9.04. The maximum absolute atomic E-state index is 2.31. The number of benzene rings is 2. The van der Waals surface area contributed by atoms with Crippen LogP contribution < -0.4 is 24.8 Å². The number of halogens is 2. The van der Waals surface area contributed by atoms with E-state index >= 15 is 0 Å². The number of hydrogen-bond acceptors (Lipinski definition) is 0. The van der Waals surface area contributed by atoms with Crippen molar-refractivity contribution < 1.29 is 48.1 Å². The van der Waals surface area contributed by atoms with Gasteiger partial charge in [-0.15, -0.1) is 81.2 Å². The van der Waals surface area contributed by atoms with Crippen LogP contribution in [0, 0.1) is 27.7 Å². The molecule has 0 spiro atoms. The Morgan fingerprint density at radius 1 is 0.643 bits per heavy atom. The van der Waals surface area contributed by atoms with Crippen LogP contribution in [-0.4, -0.2) is 5.43 Å². The van der Waals surface area contributed by atoms with Crippen LogP contribution in [0.5, 0.6) is 0 Å².